The Hall–Kier alpha value is -0.970. The lowest BCUT2D eigenvalue weighted by Gasteiger charge is -2.09. The van der Waals surface area contributed by atoms with Crippen molar-refractivity contribution in [3.63, 3.8) is 0 Å². The zero-order valence-electron chi connectivity index (χ0n) is 8.46. The van der Waals surface area contributed by atoms with E-state index in [2.05, 4.69) is 20.7 Å². The molecule has 0 aliphatic heterocycles. The van der Waals surface area contributed by atoms with Crippen LogP contribution in [0.3, 0.4) is 0 Å². The van der Waals surface area contributed by atoms with E-state index in [4.69, 9.17) is 0 Å². The fraction of sp³-hybridized carbons (Fsp3) is 0.364. The lowest BCUT2D eigenvalue weighted by molar-refractivity contribution is -0.0501. The van der Waals surface area contributed by atoms with Crippen LogP contribution in [-0.2, 0) is 0 Å². The number of hydrogen-bond acceptors (Lipinski definition) is 2. The van der Waals surface area contributed by atoms with Gasteiger partial charge in [0, 0.05) is 11.8 Å². The second-order valence-corrected chi connectivity index (χ2v) is 3.88. The Labute approximate surface area is 101 Å². The summed E-state index contributed by atoms with van der Waals surface area (Å²) < 4.78 is 28.4. The number of ether oxygens (including phenoxy) is 1. The summed E-state index contributed by atoms with van der Waals surface area (Å²) in [5.41, 5.74) is 0.212. The van der Waals surface area contributed by atoms with Gasteiger partial charge in [-0.15, -0.1) is 0 Å². The van der Waals surface area contributed by atoms with Crippen molar-refractivity contribution in [1.82, 2.24) is 0 Å². The Bertz CT molecular complexity index is 356. The van der Waals surface area contributed by atoms with Crippen molar-refractivity contribution in [3.8, 4) is 5.75 Å². The van der Waals surface area contributed by atoms with Crippen LogP contribution in [0.5, 0.6) is 5.75 Å². The maximum atomic E-state index is 12.1. The van der Waals surface area contributed by atoms with E-state index in [1.807, 2.05) is 0 Å². The Morgan fingerprint density at radius 3 is 2.69 bits per heavy atom. The monoisotopic (exact) mass is 292 g/mol. The van der Waals surface area contributed by atoms with E-state index >= 15 is 0 Å². The Balaban J connectivity index is 2.81. The summed E-state index contributed by atoms with van der Waals surface area (Å²) in [6, 6.07) is 6.04. The number of rotatable bonds is 6. The summed E-state index contributed by atoms with van der Waals surface area (Å²) in [6.07, 6.45) is 0.983. The molecule has 0 aromatic heterocycles. The molecule has 0 spiro atoms. The van der Waals surface area contributed by atoms with E-state index in [-0.39, 0.29) is 17.1 Å². The average Bonchev–Trinajstić information content (AvgIpc) is 2.26. The van der Waals surface area contributed by atoms with Crippen molar-refractivity contribution in [2.75, 3.05) is 5.33 Å². The van der Waals surface area contributed by atoms with E-state index in [0.717, 1.165) is 0 Å². The number of carbonyl (C=O) groups is 1. The first-order valence-electron chi connectivity index (χ1n) is 4.78. The molecule has 0 atom stereocenters. The van der Waals surface area contributed by atoms with Crippen molar-refractivity contribution in [1.29, 1.82) is 0 Å². The molecule has 0 amide bonds. The fourth-order valence-corrected chi connectivity index (χ4v) is 1.54. The predicted molar refractivity (Wildman–Crippen MR) is 60.4 cm³/mol. The molecule has 0 aliphatic rings. The zero-order chi connectivity index (χ0) is 12.0. The second-order valence-electron chi connectivity index (χ2n) is 3.09. The Morgan fingerprint density at radius 2 is 2.06 bits per heavy atom. The summed E-state index contributed by atoms with van der Waals surface area (Å²) in [5.74, 6) is -0.243. The highest BCUT2D eigenvalue weighted by atomic mass is 79.9. The smallest absolute Gasteiger partial charge is 0.387 e. The first-order valence-corrected chi connectivity index (χ1v) is 5.90. The van der Waals surface area contributed by atoms with Gasteiger partial charge in [0.2, 0.25) is 0 Å². The molecule has 1 rings (SSSR count). The summed E-state index contributed by atoms with van der Waals surface area (Å²) in [6.45, 7) is -2.91. The van der Waals surface area contributed by atoms with Crippen molar-refractivity contribution in [2.45, 2.75) is 19.5 Å². The fourth-order valence-electron chi connectivity index (χ4n) is 1.26. The van der Waals surface area contributed by atoms with Gasteiger partial charge in [0.25, 0.3) is 0 Å². The van der Waals surface area contributed by atoms with Crippen molar-refractivity contribution < 1.29 is 18.3 Å². The van der Waals surface area contributed by atoms with Crippen molar-refractivity contribution in [3.05, 3.63) is 29.8 Å². The highest BCUT2D eigenvalue weighted by Gasteiger charge is 2.14. The van der Waals surface area contributed by atoms with Crippen LogP contribution >= 0.6 is 15.9 Å². The minimum atomic E-state index is -2.91. The van der Waals surface area contributed by atoms with Gasteiger partial charge in [-0.05, 0) is 18.6 Å². The predicted octanol–water partition coefficient (Wildman–Crippen LogP) is 3.65. The van der Waals surface area contributed by atoms with Gasteiger partial charge in [-0.3, -0.25) is 4.79 Å². The molecule has 1 aromatic rings. The van der Waals surface area contributed by atoms with Crippen LogP contribution < -0.4 is 4.74 Å². The van der Waals surface area contributed by atoms with Crippen LogP contribution in [0.25, 0.3) is 0 Å². The molecule has 0 unspecified atom stereocenters. The van der Waals surface area contributed by atoms with Crippen molar-refractivity contribution >= 4 is 21.7 Å². The van der Waals surface area contributed by atoms with Gasteiger partial charge in [-0.2, -0.15) is 8.78 Å². The molecule has 0 saturated carbocycles. The summed E-state index contributed by atoms with van der Waals surface area (Å²) >= 11 is 3.21. The minimum Gasteiger partial charge on any atom is -0.434 e. The SMILES string of the molecule is O=C(CCCBr)c1ccccc1OC(F)F. The maximum absolute atomic E-state index is 12.1. The number of alkyl halides is 3. The summed E-state index contributed by atoms with van der Waals surface area (Å²) in [5, 5.41) is 0.705. The molecule has 5 heteroatoms. The minimum absolute atomic E-state index is 0.0583. The average molecular weight is 293 g/mol. The number of hydrogen-bond donors (Lipinski definition) is 0. The summed E-state index contributed by atoms with van der Waals surface area (Å²) in [7, 11) is 0. The molecule has 0 aliphatic carbocycles. The first kappa shape index (κ1) is 13.1. The third-order valence-electron chi connectivity index (χ3n) is 1.94. The zero-order valence-corrected chi connectivity index (χ0v) is 10.0. The highest BCUT2D eigenvalue weighted by molar-refractivity contribution is 9.09. The van der Waals surface area contributed by atoms with Gasteiger partial charge in [0.15, 0.2) is 5.78 Å². The van der Waals surface area contributed by atoms with Gasteiger partial charge in [0.1, 0.15) is 5.75 Å². The molecular weight excluding hydrogens is 282 g/mol. The number of halogens is 3. The quantitative estimate of drug-likeness (QED) is 0.591. The molecule has 16 heavy (non-hydrogen) atoms. The van der Waals surface area contributed by atoms with E-state index in [1.165, 1.54) is 12.1 Å². The molecule has 0 saturated heterocycles. The van der Waals surface area contributed by atoms with Gasteiger partial charge >= 0.3 is 6.61 Å². The molecule has 1 aromatic carbocycles. The molecule has 0 fully saturated rings. The topological polar surface area (TPSA) is 26.3 Å². The van der Waals surface area contributed by atoms with Gasteiger partial charge in [0.05, 0.1) is 5.56 Å². The van der Waals surface area contributed by atoms with Crippen LogP contribution in [0.15, 0.2) is 24.3 Å². The molecule has 0 radical (unpaired) electrons. The Morgan fingerprint density at radius 1 is 1.38 bits per heavy atom. The van der Waals surface area contributed by atoms with Gasteiger partial charge < -0.3 is 4.74 Å². The molecule has 0 heterocycles. The standard InChI is InChI=1S/C11H11BrF2O2/c12-7-3-5-9(15)8-4-1-2-6-10(8)16-11(13)14/h1-2,4,6,11H,3,5,7H2. The van der Waals surface area contributed by atoms with Crippen LogP contribution in [0.4, 0.5) is 8.78 Å². The van der Waals surface area contributed by atoms with Crippen molar-refractivity contribution in [2.24, 2.45) is 0 Å². The molecule has 0 bridgehead atoms. The third kappa shape index (κ3) is 3.89. The number of ketones is 1. The summed E-state index contributed by atoms with van der Waals surface area (Å²) in [4.78, 5) is 11.7. The van der Waals surface area contributed by atoms with E-state index < -0.39 is 6.61 Å². The second kappa shape index (κ2) is 6.58. The van der Waals surface area contributed by atoms with E-state index in [0.29, 0.717) is 18.2 Å². The number of benzene rings is 1. The number of carbonyl (C=O) groups excluding carboxylic acids is 1. The molecule has 2 nitrogen and oxygen atoms in total. The third-order valence-corrected chi connectivity index (χ3v) is 2.50. The maximum Gasteiger partial charge on any atom is 0.387 e. The normalized spacial score (nSPS) is 10.5. The van der Waals surface area contributed by atoms with Gasteiger partial charge in [-0.1, -0.05) is 28.1 Å². The highest BCUT2D eigenvalue weighted by Crippen LogP contribution is 2.22. The lowest BCUT2D eigenvalue weighted by atomic mass is 10.1. The van der Waals surface area contributed by atoms with Gasteiger partial charge in [-0.25, -0.2) is 0 Å². The number of para-hydroxylation sites is 1. The van der Waals surface area contributed by atoms with Crippen LogP contribution in [0.2, 0.25) is 0 Å². The first-order chi connectivity index (χ1) is 7.65. The Kier molecular flexibility index (Phi) is 5.38. The van der Waals surface area contributed by atoms with E-state index in [1.54, 1.807) is 12.1 Å². The van der Waals surface area contributed by atoms with Crippen LogP contribution in [0.1, 0.15) is 23.2 Å². The largest absolute Gasteiger partial charge is 0.434 e. The van der Waals surface area contributed by atoms with Crippen LogP contribution in [-0.4, -0.2) is 17.7 Å². The number of Topliss-reactive ketones (excluding diaryl/α,β-unsaturated/α-hetero) is 1. The molecule has 88 valence electrons. The molecule has 0 N–H and O–H groups in total. The lowest BCUT2D eigenvalue weighted by Crippen LogP contribution is -2.08. The van der Waals surface area contributed by atoms with Crippen LogP contribution in [0, 0.1) is 0 Å². The molecular formula is C11H11BrF2O2. The van der Waals surface area contributed by atoms with E-state index in [9.17, 15) is 13.6 Å².